The van der Waals surface area contributed by atoms with Crippen LogP contribution in [-0.2, 0) is 14.3 Å². The number of rotatable bonds is 4. The first-order valence-corrected chi connectivity index (χ1v) is 2.52. The van der Waals surface area contributed by atoms with Crippen LogP contribution in [-0.4, -0.2) is 18.9 Å². The van der Waals surface area contributed by atoms with E-state index >= 15 is 0 Å². The molecule has 50 valence electrons. The molecule has 0 radical (unpaired) electrons. The average molecular weight is 128 g/mol. The van der Waals surface area contributed by atoms with Gasteiger partial charge in [-0.05, 0) is 13.0 Å². The van der Waals surface area contributed by atoms with E-state index in [2.05, 4.69) is 4.74 Å². The van der Waals surface area contributed by atoms with Gasteiger partial charge in [0.25, 0.3) is 6.47 Å². The lowest BCUT2D eigenvalue weighted by molar-refractivity contribution is -0.134. The molecular formula is C6H8O3. The highest BCUT2D eigenvalue weighted by Gasteiger charge is 1.92. The van der Waals surface area contributed by atoms with Gasteiger partial charge in [-0.3, -0.25) is 9.59 Å². The predicted octanol–water partition coefficient (Wildman–Crippen LogP) is 0.305. The van der Waals surface area contributed by atoms with Gasteiger partial charge in [-0.15, -0.1) is 0 Å². The van der Waals surface area contributed by atoms with Gasteiger partial charge < -0.3 is 4.74 Å². The zero-order valence-corrected chi connectivity index (χ0v) is 5.16. The highest BCUT2D eigenvalue weighted by Crippen LogP contribution is 1.76. The third kappa shape index (κ3) is 4.74. The SMILES string of the molecule is C/C=C\C(=O)COC=O. The molecule has 3 nitrogen and oxygen atoms in total. The van der Waals surface area contributed by atoms with Crippen LogP contribution in [0.15, 0.2) is 12.2 Å². The molecule has 0 amide bonds. The first-order valence-electron chi connectivity index (χ1n) is 2.52. The van der Waals surface area contributed by atoms with E-state index < -0.39 is 0 Å². The van der Waals surface area contributed by atoms with Gasteiger partial charge in [-0.2, -0.15) is 0 Å². The van der Waals surface area contributed by atoms with Crippen LogP contribution in [0.3, 0.4) is 0 Å². The van der Waals surface area contributed by atoms with Crippen LogP contribution in [0.25, 0.3) is 0 Å². The van der Waals surface area contributed by atoms with Crippen LogP contribution in [0.2, 0.25) is 0 Å². The second kappa shape index (κ2) is 5.03. The van der Waals surface area contributed by atoms with Crippen LogP contribution in [0.5, 0.6) is 0 Å². The Labute approximate surface area is 53.3 Å². The fourth-order valence-corrected chi connectivity index (χ4v) is 0.350. The fraction of sp³-hybridized carbons (Fsp3) is 0.333. The molecule has 0 saturated carbocycles. The minimum atomic E-state index is -0.204. The highest BCUT2D eigenvalue weighted by molar-refractivity contribution is 5.91. The van der Waals surface area contributed by atoms with Crippen LogP contribution in [0.4, 0.5) is 0 Å². The van der Waals surface area contributed by atoms with Crippen molar-refractivity contribution in [3.05, 3.63) is 12.2 Å². The Morgan fingerprint density at radius 3 is 2.78 bits per heavy atom. The largest absolute Gasteiger partial charge is 0.460 e. The van der Waals surface area contributed by atoms with E-state index in [-0.39, 0.29) is 18.9 Å². The fourth-order valence-electron chi connectivity index (χ4n) is 0.350. The summed E-state index contributed by atoms with van der Waals surface area (Å²) in [5, 5.41) is 0. The van der Waals surface area contributed by atoms with Crippen molar-refractivity contribution >= 4 is 12.3 Å². The van der Waals surface area contributed by atoms with Crippen molar-refractivity contribution in [1.29, 1.82) is 0 Å². The molecule has 0 unspecified atom stereocenters. The number of carbonyl (C=O) groups excluding carboxylic acids is 2. The summed E-state index contributed by atoms with van der Waals surface area (Å²) in [6.45, 7) is 1.81. The van der Waals surface area contributed by atoms with Gasteiger partial charge in [0.2, 0.25) is 0 Å². The number of carbonyl (C=O) groups is 2. The Bertz CT molecular complexity index is 126. The van der Waals surface area contributed by atoms with E-state index in [1.54, 1.807) is 13.0 Å². The monoisotopic (exact) mass is 128 g/mol. The van der Waals surface area contributed by atoms with Gasteiger partial charge in [0.1, 0.15) is 0 Å². The van der Waals surface area contributed by atoms with Crippen molar-refractivity contribution < 1.29 is 14.3 Å². The third-order valence-corrected chi connectivity index (χ3v) is 0.646. The summed E-state index contributed by atoms with van der Waals surface area (Å²) < 4.78 is 4.17. The summed E-state index contributed by atoms with van der Waals surface area (Å²) in [4.78, 5) is 19.9. The molecule has 0 saturated heterocycles. The number of ether oxygens (including phenoxy) is 1. The van der Waals surface area contributed by atoms with E-state index in [0.29, 0.717) is 0 Å². The molecule has 3 heteroatoms. The van der Waals surface area contributed by atoms with Gasteiger partial charge in [0.05, 0.1) is 0 Å². The molecule has 0 atom stereocenters. The number of hydrogen-bond acceptors (Lipinski definition) is 3. The molecule has 0 aliphatic carbocycles. The molecule has 9 heavy (non-hydrogen) atoms. The molecule has 0 aromatic carbocycles. The van der Waals surface area contributed by atoms with Crippen LogP contribution >= 0.6 is 0 Å². The van der Waals surface area contributed by atoms with Crippen LogP contribution in [0, 0.1) is 0 Å². The molecule has 0 aliphatic rings. The molecule has 0 rings (SSSR count). The van der Waals surface area contributed by atoms with Crippen molar-refractivity contribution in [2.24, 2.45) is 0 Å². The van der Waals surface area contributed by atoms with E-state index in [1.807, 2.05) is 0 Å². The summed E-state index contributed by atoms with van der Waals surface area (Å²) in [5.74, 6) is -0.204. The Kier molecular flexibility index (Phi) is 4.40. The predicted molar refractivity (Wildman–Crippen MR) is 31.8 cm³/mol. The topological polar surface area (TPSA) is 43.4 Å². The maximum Gasteiger partial charge on any atom is 0.293 e. The molecule has 0 aromatic heterocycles. The smallest absolute Gasteiger partial charge is 0.293 e. The van der Waals surface area contributed by atoms with Crippen molar-refractivity contribution in [1.82, 2.24) is 0 Å². The Balaban J connectivity index is 3.38. The van der Waals surface area contributed by atoms with Gasteiger partial charge in [-0.25, -0.2) is 0 Å². The Morgan fingerprint density at radius 2 is 2.33 bits per heavy atom. The average Bonchev–Trinajstić information content (AvgIpc) is 1.85. The second-order valence-corrected chi connectivity index (χ2v) is 1.37. The summed E-state index contributed by atoms with van der Waals surface area (Å²) in [6.07, 6.45) is 2.94. The maximum atomic E-state index is 10.4. The summed E-state index contributed by atoms with van der Waals surface area (Å²) in [6, 6.07) is 0. The zero-order chi connectivity index (χ0) is 7.11. The van der Waals surface area contributed by atoms with Crippen molar-refractivity contribution in [2.75, 3.05) is 6.61 Å². The van der Waals surface area contributed by atoms with Crippen molar-refractivity contribution in [3.8, 4) is 0 Å². The standard InChI is InChI=1S/C6H8O3/c1-2-3-6(8)4-9-5-7/h2-3,5H,4H2,1H3/b3-2-. The number of ketones is 1. The molecule has 0 fully saturated rings. The lowest BCUT2D eigenvalue weighted by Gasteiger charge is -1.89. The Hall–Kier alpha value is -1.12. The molecule has 0 N–H and O–H groups in total. The normalized spacial score (nSPS) is 9.44. The first-order chi connectivity index (χ1) is 4.31. The molecule has 0 spiro atoms. The minimum Gasteiger partial charge on any atom is -0.460 e. The quantitative estimate of drug-likeness (QED) is 0.404. The van der Waals surface area contributed by atoms with Crippen molar-refractivity contribution in [3.63, 3.8) is 0 Å². The lowest BCUT2D eigenvalue weighted by Crippen LogP contribution is -2.03. The van der Waals surface area contributed by atoms with Gasteiger partial charge in [0.15, 0.2) is 12.4 Å². The highest BCUT2D eigenvalue weighted by atomic mass is 16.5. The molecule has 0 bridgehead atoms. The molecule has 0 heterocycles. The first kappa shape index (κ1) is 7.88. The molecule has 0 aliphatic heterocycles. The summed E-state index contributed by atoms with van der Waals surface area (Å²) >= 11 is 0. The molecular weight excluding hydrogens is 120 g/mol. The van der Waals surface area contributed by atoms with Gasteiger partial charge >= 0.3 is 0 Å². The van der Waals surface area contributed by atoms with Crippen molar-refractivity contribution in [2.45, 2.75) is 6.92 Å². The summed E-state index contributed by atoms with van der Waals surface area (Å²) in [5.41, 5.74) is 0. The van der Waals surface area contributed by atoms with Gasteiger partial charge in [-0.1, -0.05) is 6.08 Å². The molecule has 0 aromatic rings. The maximum absolute atomic E-state index is 10.4. The zero-order valence-electron chi connectivity index (χ0n) is 5.16. The van der Waals surface area contributed by atoms with E-state index in [9.17, 15) is 9.59 Å². The minimum absolute atomic E-state index is 0.159. The van der Waals surface area contributed by atoms with E-state index in [0.717, 1.165) is 0 Å². The van der Waals surface area contributed by atoms with E-state index in [4.69, 9.17) is 0 Å². The summed E-state index contributed by atoms with van der Waals surface area (Å²) in [7, 11) is 0. The van der Waals surface area contributed by atoms with E-state index in [1.165, 1.54) is 6.08 Å². The second-order valence-electron chi connectivity index (χ2n) is 1.37. The van der Waals surface area contributed by atoms with Crippen LogP contribution in [0.1, 0.15) is 6.92 Å². The third-order valence-electron chi connectivity index (χ3n) is 0.646. The number of hydrogen-bond donors (Lipinski definition) is 0. The lowest BCUT2D eigenvalue weighted by atomic mass is 10.4. The van der Waals surface area contributed by atoms with Gasteiger partial charge in [0, 0.05) is 0 Å². The van der Waals surface area contributed by atoms with Crippen LogP contribution < -0.4 is 0 Å². The number of allylic oxidation sites excluding steroid dienone is 1. The Morgan fingerprint density at radius 1 is 1.67 bits per heavy atom.